The third-order valence-corrected chi connectivity index (χ3v) is 4.62. The molecule has 0 fully saturated rings. The molecule has 4 heteroatoms. The molecule has 1 aromatic carbocycles. The van der Waals surface area contributed by atoms with Gasteiger partial charge in [0.05, 0.1) is 6.04 Å². The molecule has 23 heavy (non-hydrogen) atoms. The normalized spacial score (nSPS) is 15.3. The first-order valence-electron chi connectivity index (χ1n) is 8.44. The molecule has 1 amide bonds. The van der Waals surface area contributed by atoms with Crippen molar-refractivity contribution in [3.05, 3.63) is 52.4 Å². The summed E-state index contributed by atoms with van der Waals surface area (Å²) < 4.78 is 5.33. The summed E-state index contributed by atoms with van der Waals surface area (Å²) in [6.45, 7) is 6.34. The van der Waals surface area contributed by atoms with Gasteiger partial charge in [-0.2, -0.15) is 0 Å². The smallest absolute Gasteiger partial charge is 0.274 e. The molecular formula is C19H24N2O2. The molecule has 1 atom stereocenters. The predicted octanol–water partition coefficient (Wildman–Crippen LogP) is 4.17. The number of amides is 1. The summed E-state index contributed by atoms with van der Waals surface area (Å²) in [5, 5.41) is 7.03. The Labute approximate surface area is 137 Å². The van der Waals surface area contributed by atoms with E-state index in [1.807, 2.05) is 6.92 Å². The number of carbonyl (C=O) groups is 1. The van der Waals surface area contributed by atoms with Gasteiger partial charge in [0.25, 0.3) is 5.91 Å². The van der Waals surface area contributed by atoms with E-state index in [-0.39, 0.29) is 11.9 Å². The summed E-state index contributed by atoms with van der Waals surface area (Å²) in [6, 6.07) is 8.36. The van der Waals surface area contributed by atoms with Gasteiger partial charge in [0.15, 0.2) is 5.69 Å². The van der Waals surface area contributed by atoms with Crippen LogP contribution in [0.4, 0.5) is 0 Å². The summed E-state index contributed by atoms with van der Waals surface area (Å²) >= 11 is 0. The van der Waals surface area contributed by atoms with Crippen molar-refractivity contribution in [1.82, 2.24) is 10.5 Å². The molecule has 122 valence electrons. The van der Waals surface area contributed by atoms with Crippen LogP contribution in [-0.2, 0) is 12.8 Å². The van der Waals surface area contributed by atoms with Crippen LogP contribution in [-0.4, -0.2) is 11.1 Å². The van der Waals surface area contributed by atoms with Crippen LogP contribution in [0.25, 0.3) is 0 Å². The molecule has 0 saturated carbocycles. The summed E-state index contributed by atoms with van der Waals surface area (Å²) in [7, 11) is 0. The van der Waals surface area contributed by atoms with E-state index in [1.165, 1.54) is 5.56 Å². The van der Waals surface area contributed by atoms with E-state index in [9.17, 15) is 4.79 Å². The first-order chi connectivity index (χ1) is 11.1. The lowest BCUT2D eigenvalue weighted by Gasteiger charge is -2.15. The lowest BCUT2D eigenvalue weighted by molar-refractivity contribution is 0.0930. The number of rotatable bonds is 4. The molecule has 1 aliphatic rings. The highest BCUT2D eigenvalue weighted by molar-refractivity contribution is 5.94. The molecule has 3 rings (SSSR count). The largest absolute Gasteiger partial charge is 0.360 e. The van der Waals surface area contributed by atoms with E-state index in [4.69, 9.17) is 4.52 Å². The molecule has 0 unspecified atom stereocenters. The van der Waals surface area contributed by atoms with Gasteiger partial charge >= 0.3 is 0 Å². The number of carbonyl (C=O) groups excluding carboxylic acids is 1. The summed E-state index contributed by atoms with van der Waals surface area (Å²) in [6.07, 6.45) is 3.99. The third kappa shape index (κ3) is 3.31. The number of aryl methyl sites for hydroxylation is 1. The van der Waals surface area contributed by atoms with Crippen molar-refractivity contribution >= 4 is 5.91 Å². The maximum atomic E-state index is 12.5. The fraction of sp³-hybridized carbons (Fsp3) is 0.474. The van der Waals surface area contributed by atoms with Crippen molar-refractivity contribution in [2.24, 2.45) is 0 Å². The Morgan fingerprint density at radius 3 is 2.43 bits per heavy atom. The maximum absolute atomic E-state index is 12.5. The van der Waals surface area contributed by atoms with Gasteiger partial charge in [-0.25, -0.2) is 0 Å². The minimum Gasteiger partial charge on any atom is -0.360 e. The molecule has 1 aliphatic carbocycles. The standard InChI is InChI=1S/C19H24N2O2/c1-12(2)14-8-10-15(11-9-14)13(3)20-19(22)18-16-6-4-5-7-17(16)23-21-18/h8-13H,4-7H2,1-3H3,(H,20,22)/t13-/m0/s1. The number of nitrogens with zero attached hydrogens (tertiary/aromatic N) is 1. The van der Waals surface area contributed by atoms with Crippen LogP contribution in [0.5, 0.6) is 0 Å². The highest BCUT2D eigenvalue weighted by Crippen LogP contribution is 2.25. The second-order valence-corrected chi connectivity index (χ2v) is 6.66. The highest BCUT2D eigenvalue weighted by atomic mass is 16.5. The molecule has 0 bridgehead atoms. The van der Waals surface area contributed by atoms with Crippen LogP contribution in [0.2, 0.25) is 0 Å². The van der Waals surface area contributed by atoms with Gasteiger partial charge in [0, 0.05) is 12.0 Å². The average Bonchev–Trinajstić information content (AvgIpc) is 2.99. The van der Waals surface area contributed by atoms with Gasteiger partial charge in [0.2, 0.25) is 0 Å². The number of hydrogen-bond acceptors (Lipinski definition) is 3. The van der Waals surface area contributed by atoms with E-state index in [2.05, 4.69) is 48.6 Å². The van der Waals surface area contributed by atoms with Gasteiger partial charge in [-0.15, -0.1) is 0 Å². The highest BCUT2D eigenvalue weighted by Gasteiger charge is 2.24. The van der Waals surface area contributed by atoms with Crippen LogP contribution in [0, 0.1) is 0 Å². The Morgan fingerprint density at radius 1 is 1.09 bits per heavy atom. The molecule has 4 nitrogen and oxygen atoms in total. The number of nitrogens with one attached hydrogen (secondary N) is 1. The Hall–Kier alpha value is -2.10. The molecule has 0 aliphatic heterocycles. The quantitative estimate of drug-likeness (QED) is 0.922. The molecule has 0 spiro atoms. The molecule has 1 N–H and O–H groups in total. The van der Waals surface area contributed by atoms with Crippen molar-refractivity contribution in [3.8, 4) is 0 Å². The number of benzene rings is 1. The maximum Gasteiger partial charge on any atom is 0.274 e. The molecule has 0 radical (unpaired) electrons. The summed E-state index contributed by atoms with van der Waals surface area (Å²) in [5.41, 5.74) is 3.86. The Morgan fingerprint density at radius 2 is 1.74 bits per heavy atom. The summed E-state index contributed by atoms with van der Waals surface area (Å²) in [4.78, 5) is 12.5. The van der Waals surface area contributed by atoms with Gasteiger partial charge in [-0.1, -0.05) is 43.3 Å². The average molecular weight is 312 g/mol. The van der Waals surface area contributed by atoms with E-state index in [1.54, 1.807) is 0 Å². The van der Waals surface area contributed by atoms with Crippen molar-refractivity contribution in [2.45, 2.75) is 58.4 Å². The van der Waals surface area contributed by atoms with Crippen molar-refractivity contribution < 1.29 is 9.32 Å². The van der Waals surface area contributed by atoms with Crippen LogP contribution < -0.4 is 5.32 Å². The second-order valence-electron chi connectivity index (χ2n) is 6.66. The SMILES string of the molecule is CC(C)c1ccc([C@H](C)NC(=O)c2noc3c2CCCC3)cc1. The minimum atomic E-state index is -0.141. The Balaban J connectivity index is 1.71. The zero-order chi connectivity index (χ0) is 16.4. The zero-order valence-electron chi connectivity index (χ0n) is 14.1. The molecule has 1 aromatic heterocycles. The summed E-state index contributed by atoms with van der Waals surface area (Å²) in [5.74, 6) is 1.25. The number of aromatic nitrogens is 1. The van der Waals surface area contributed by atoms with E-state index >= 15 is 0 Å². The molecule has 2 aromatic rings. The fourth-order valence-corrected chi connectivity index (χ4v) is 3.08. The number of fused-ring (bicyclic) bond motifs is 1. The Bertz CT molecular complexity index is 686. The van der Waals surface area contributed by atoms with Crippen LogP contribution >= 0.6 is 0 Å². The van der Waals surface area contributed by atoms with Crippen molar-refractivity contribution in [3.63, 3.8) is 0 Å². The van der Waals surface area contributed by atoms with E-state index in [0.717, 1.165) is 42.6 Å². The monoisotopic (exact) mass is 312 g/mol. The lowest BCUT2D eigenvalue weighted by Crippen LogP contribution is -2.28. The topological polar surface area (TPSA) is 55.1 Å². The third-order valence-electron chi connectivity index (χ3n) is 4.62. The second kappa shape index (κ2) is 6.57. The zero-order valence-corrected chi connectivity index (χ0v) is 14.1. The van der Waals surface area contributed by atoms with Gasteiger partial charge in [-0.3, -0.25) is 4.79 Å². The van der Waals surface area contributed by atoms with E-state index in [0.29, 0.717) is 11.6 Å². The molecular weight excluding hydrogens is 288 g/mol. The molecule has 1 heterocycles. The van der Waals surface area contributed by atoms with Gasteiger partial charge in [0.1, 0.15) is 5.76 Å². The van der Waals surface area contributed by atoms with Gasteiger partial charge in [-0.05, 0) is 43.2 Å². The van der Waals surface area contributed by atoms with Crippen molar-refractivity contribution in [2.75, 3.05) is 0 Å². The van der Waals surface area contributed by atoms with Crippen LogP contribution in [0.1, 0.15) is 78.5 Å². The predicted molar refractivity (Wildman–Crippen MR) is 89.6 cm³/mol. The first kappa shape index (κ1) is 15.8. The number of hydrogen-bond donors (Lipinski definition) is 1. The lowest BCUT2D eigenvalue weighted by atomic mass is 9.96. The van der Waals surface area contributed by atoms with Gasteiger partial charge < -0.3 is 9.84 Å². The first-order valence-corrected chi connectivity index (χ1v) is 8.44. The molecule has 0 saturated heterocycles. The van der Waals surface area contributed by atoms with Crippen LogP contribution in [0.3, 0.4) is 0 Å². The van der Waals surface area contributed by atoms with E-state index < -0.39 is 0 Å². The van der Waals surface area contributed by atoms with Crippen molar-refractivity contribution in [1.29, 1.82) is 0 Å². The fourth-order valence-electron chi connectivity index (χ4n) is 3.08. The Kier molecular flexibility index (Phi) is 4.51. The van der Waals surface area contributed by atoms with Crippen LogP contribution in [0.15, 0.2) is 28.8 Å². The minimum absolute atomic E-state index is 0.0559.